The fourth-order valence-corrected chi connectivity index (χ4v) is 11.7. The topological polar surface area (TPSA) is 18.5 Å². The Balaban J connectivity index is 1.30. The maximum atomic E-state index is 6.57. The van der Waals surface area contributed by atoms with Crippen molar-refractivity contribution in [2.45, 2.75) is 11.8 Å². The van der Waals surface area contributed by atoms with Crippen LogP contribution >= 0.6 is 0 Å². The van der Waals surface area contributed by atoms with Crippen LogP contribution in [0, 0.1) is 0 Å². The third kappa shape index (κ3) is 4.45. The van der Waals surface area contributed by atoms with Gasteiger partial charge in [0, 0.05) is 0 Å². The molecule has 6 aromatic rings. The molecule has 8 rings (SSSR count). The molecular formula is C38H26O2Sr. The summed E-state index contributed by atoms with van der Waals surface area (Å²) in [6.45, 7) is 0. The Hall–Kier alpha value is -3.60. The van der Waals surface area contributed by atoms with E-state index in [0.717, 1.165) is 23.0 Å². The molecule has 0 spiro atoms. The van der Waals surface area contributed by atoms with Gasteiger partial charge >= 0.3 is 265 Å². The van der Waals surface area contributed by atoms with Crippen LogP contribution in [0.1, 0.15) is 45.2 Å². The summed E-state index contributed by atoms with van der Waals surface area (Å²) in [4.78, 5) is 0. The van der Waals surface area contributed by atoms with E-state index in [1.165, 1.54) is 34.4 Å². The molecule has 3 heteroatoms. The number of rotatable bonds is 4. The van der Waals surface area contributed by atoms with Crippen LogP contribution in [0.4, 0.5) is 0 Å². The van der Waals surface area contributed by atoms with E-state index >= 15 is 0 Å². The van der Waals surface area contributed by atoms with Crippen LogP contribution in [-0.2, 0) is 0 Å². The summed E-state index contributed by atoms with van der Waals surface area (Å²) in [5.41, 5.74) is 7.74. The van der Waals surface area contributed by atoms with Crippen LogP contribution in [-0.4, -0.2) is 41.0 Å². The van der Waals surface area contributed by atoms with Crippen LogP contribution in [0.15, 0.2) is 146 Å². The molecule has 0 N–H and O–H groups in total. The second-order valence-corrected chi connectivity index (χ2v) is 15.4. The van der Waals surface area contributed by atoms with Gasteiger partial charge in [0.2, 0.25) is 0 Å². The third-order valence-electron chi connectivity index (χ3n) is 8.44. The molecule has 0 fully saturated rings. The van der Waals surface area contributed by atoms with Gasteiger partial charge in [-0.05, 0) is 0 Å². The average Bonchev–Trinajstić information content (AvgIpc) is 3.03. The SMILES string of the molecule is c1ccc(C2c3ccccc3Oc3ccc[c]([Sr][c]4cccc5c4C(c4ccccc4)c4ccccc4O5)c32)cc1. The molecule has 2 aliphatic rings. The zero-order valence-electron chi connectivity index (χ0n) is 22.5. The van der Waals surface area contributed by atoms with Gasteiger partial charge in [-0.1, -0.05) is 0 Å². The molecule has 0 aromatic heterocycles. The van der Waals surface area contributed by atoms with Crippen molar-refractivity contribution in [3.05, 3.63) is 179 Å². The molecule has 0 saturated carbocycles. The van der Waals surface area contributed by atoms with E-state index < -0.39 is 41.0 Å². The monoisotopic (exact) mass is 602 g/mol. The van der Waals surface area contributed by atoms with Crippen molar-refractivity contribution in [3.63, 3.8) is 0 Å². The Morgan fingerprint density at radius 2 is 0.756 bits per heavy atom. The van der Waals surface area contributed by atoms with Crippen LogP contribution in [0.3, 0.4) is 0 Å². The number of ether oxygens (including phenoxy) is 2. The number of hydrogen-bond donors (Lipinski definition) is 0. The van der Waals surface area contributed by atoms with Crippen molar-refractivity contribution < 1.29 is 9.47 Å². The minimum absolute atomic E-state index is 0.144. The second-order valence-electron chi connectivity index (χ2n) is 10.8. The quantitative estimate of drug-likeness (QED) is 0.191. The molecule has 0 radical (unpaired) electrons. The summed E-state index contributed by atoms with van der Waals surface area (Å²) in [5, 5.41) is 0. The van der Waals surface area contributed by atoms with E-state index in [1.54, 1.807) is 0 Å². The van der Waals surface area contributed by atoms with E-state index in [0.29, 0.717) is 0 Å². The van der Waals surface area contributed by atoms with Crippen molar-refractivity contribution >= 4 is 42.1 Å². The van der Waals surface area contributed by atoms with E-state index in [9.17, 15) is 0 Å². The van der Waals surface area contributed by atoms with Crippen LogP contribution in [0.25, 0.3) is 0 Å². The van der Waals surface area contributed by atoms with Gasteiger partial charge < -0.3 is 0 Å². The number of fused-ring (bicyclic) bond motifs is 4. The van der Waals surface area contributed by atoms with Crippen molar-refractivity contribution in [1.82, 2.24) is 0 Å². The van der Waals surface area contributed by atoms with E-state index in [1.807, 2.05) is 0 Å². The van der Waals surface area contributed by atoms with Gasteiger partial charge in [0.05, 0.1) is 0 Å². The van der Waals surface area contributed by atoms with Gasteiger partial charge in [-0.3, -0.25) is 0 Å². The molecule has 6 aromatic carbocycles. The summed E-state index contributed by atoms with van der Waals surface area (Å²) in [6.07, 6.45) is 0. The predicted molar refractivity (Wildman–Crippen MR) is 166 cm³/mol. The number of benzene rings is 6. The molecule has 2 nitrogen and oxygen atoms in total. The van der Waals surface area contributed by atoms with Crippen molar-refractivity contribution in [2.24, 2.45) is 0 Å². The van der Waals surface area contributed by atoms with Crippen LogP contribution in [0.2, 0.25) is 0 Å². The molecule has 192 valence electrons. The van der Waals surface area contributed by atoms with Crippen LogP contribution in [0.5, 0.6) is 23.0 Å². The molecule has 0 bridgehead atoms. The Kier molecular flexibility index (Phi) is 6.54. The molecule has 2 aliphatic heterocycles. The molecule has 41 heavy (non-hydrogen) atoms. The van der Waals surface area contributed by atoms with Gasteiger partial charge in [0.25, 0.3) is 0 Å². The molecule has 0 saturated heterocycles. The Morgan fingerprint density at radius 3 is 1.22 bits per heavy atom. The fraction of sp³-hybridized carbons (Fsp3) is 0.0526. The first kappa shape index (κ1) is 25.1. The van der Waals surface area contributed by atoms with Crippen molar-refractivity contribution in [2.75, 3.05) is 0 Å². The molecule has 2 atom stereocenters. The third-order valence-corrected chi connectivity index (χ3v) is 13.3. The van der Waals surface area contributed by atoms with E-state index in [-0.39, 0.29) is 11.8 Å². The normalized spacial score (nSPS) is 16.1. The minimum atomic E-state index is -1.82. The number of para-hydroxylation sites is 2. The molecule has 0 aliphatic carbocycles. The van der Waals surface area contributed by atoms with Gasteiger partial charge in [-0.15, -0.1) is 0 Å². The van der Waals surface area contributed by atoms with Gasteiger partial charge in [-0.2, -0.15) is 0 Å². The summed E-state index contributed by atoms with van der Waals surface area (Å²) in [7, 11) is 0. The molecule has 0 amide bonds. The van der Waals surface area contributed by atoms with Crippen molar-refractivity contribution in [1.29, 1.82) is 0 Å². The second kappa shape index (κ2) is 10.7. The molecular weight excluding hydrogens is 576 g/mol. The fourth-order valence-electron chi connectivity index (χ4n) is 6.68. The average molecular weight is 602 g/mol. The Bertz CT molecular complexity index is 1740. The van der Waals surface area contributed by atoms with Gasteiger partial charge in [-0.25, -0.2) is 0 Å². The van der Waals surface area contributed by atoms with Gasteiger partial charge in [0.1, 0.15) is 0 Å². The van der Waals surface area contributed by atoms with Crippen LogP contribution < -0.4 is 10.5 Å². The summed E-state index contributed by atoms with van der Waals surface area (Å²) in [5.74, 6) is 4.16. The first-order valence-electron chi connectivity index (χ1n) is 14.2. The number of hydrogen-bond acceptors (Lipinski definition) is 2. The summed E-state index contributed by atoms with van der Waals surface area (Å²) in [6, 6.07) is 52.2. The first-order valence-corrected chi connectivity index (χ1v) is 17.7. The first-order chi connectivity index (χ1) is 20.3. The summed E-state index contributed by atoms with van der Waals surface area (Å²) < 4.78 is 16.1. The molecule has 2 heterocycles. The van der Waals surface area contributed by atoms with E-state index in [2.05, 4.69) is 146 Å². The maximum absolute atomic E-state index is 6.57. The Labute approximate surface area is 263 Å². The van der Waals surface area contributed by atoms with Gasteiger partial charge in [0.15, 0.2) is 0 Å². The zero-order valence-corrected chi connectivity index (χ0v) is 26.0. The standard InChI is InChI=1S/2C19H13O.Sr/c2*1-2-8-14(9-3-1)19-15-10-4-6-12-17(15)20-18-13-7-5-11-16(18)19;/h2*1-10,12-13,19H;. The predicted octanol–water partition coefficient (Wildman–Crippen LogP) is 7.91. The summed E-state index contributed by atoms with van der Waals surface area (Å²) >= 11 is -1.82. The van der Waals surface area contributed by atoms with E-state index in [4.69, 9.17) is 9.47 Å². The molecule has 2 unspecified atom stereocenters. The van der Waals surface area contributed by atoms with Crippen molar-refractivity contribution in [3.8, 4) is 23.0 Å². The zero-order chi connectivity index (χ0) is 27.2. The Morgan fingerprint density at radius 1 is 0.366 bits per heavy atom.